The highest BCUT2D eigenvalue weighted by Gasteiger charge is 2.12. The Morgan fingerprint density at radius 3 is 2.42 bits per heavy atom. The molecule has 1 aromatic heterocycles. The quantitative estimate of drug-likeness (QED) is 0.861. The maximum atomic E-state index is 6.03. The number of benzene rings is 1. The van der Waals surface area contributed by atoms with Crippen molar-refractivity contribution >= 4 is 17.6 Å². The van der Waals surface area contributed by atoms with Crippen LogP contribution in [-0.2, 0) is 5.75 Å². The van der Waals surface area contributed by atoms with Gasteiger partial charge in [0.2, 0.25) is 0 Å². The van der Waals surface area contributed by atoms with Crippen LogP contribution in [0.5, 0.6) is 0 Å². The highest BCUT2D eigenvalue weighted by molar-refractivity contribution is 7.98. The van der Waals surface area contributed by atoms with Gasteiger partial charge in [0.25, 0.3) is 0 Å². The fraction of sp³-hybridized carbons (Fsp3) is 0.333. The molecule has 2 rings (SSSR count). The third kappa shape index (κ3) is 3.47. The van der Waals surface area contributed by atoms with Crippen LogP contribution >= 0.6 is 11.8 Å². The van der Waals surface area contributed by atoms with Crippen molar-refractivity contribution < 1.29 is 0 Å². The van der Waals surface area contributed by atoms with Crippen LogP contribution in [0.2, 0.25) is 0 Å². The van der Waals surface area contributed by atoms with Gasteiger partial charge in [0.15, 0.2) is 0 Å². The molecule has 0 saturated heterocycles. The monoisotopic (exact) mass is 273 g/mol. The van der Waals surface area contributed by atoms with Gasteiger partial charge in [0.1, 0.15) is 11.6 Å². The van der Waals surface area contributed by atoms with Gasteiger partial charge in [-0.15, -0.1) is 11.8 Å². The molecular weight excluding hydrogens is 254 g/mol. The van der Waals surface area contributed by atoms with Crippen molar-refractivity contribution in [2.75, 3.05) is 5.73 Å². The largest absolute Gasteiger partial charge is 0.383 e. The topological polar surface area (TPSA) is 51.8 Å². The van der Waals surface area contributed by atoms with Gasteiger partial charge in [-0.3, -0.25) is 0 Å². The van der Waals surface area contributed by atoms with Crippen LogP contribution < -0.4 is 5.73 Å². The standard InChI is InChI=1S/C15H19N3S/c1-10(2)14-11(3)17-13(18-15(14)16)9-19-12-7-5-4-6-8-12/h4-8,10H,9H2,1-3H3,(H2,16,17,18). The number of hydrogen-bond donors (Lipinski definition) is 1. The Morgan fingerprint density at radius 2 is 1.84 bits per heavy atom. The molecule has 0 amide bonds. The summed E-state index contributed by atoms with van der Waals surface area (Å²) in [4.78, 5) is 10.2. The first-order valence-electron chi connectivity index (χ1n) is 6.38. The van der Waals surface area contributed by atoms with E-state index in [1.54, 1.807) is 11.8 Å². The molecule has 0 aliphatic heterocycles. The summed E-state index contributed by atoms with van der Waals surface area (Å²) in [5.74, 6) is 2.52. The minimum absolute atomic E-state index is 0.357. The Labute approximate surface area is 118 Å². The van der Waals surface area contributed by atoms with E-state index in [2.05, 4.69) is 35.9 Å². The number of nitrogens with two attached hydrogens (primary N) is 1. The van der Waals surface area contributed by atoms with Crippen LogP contribution in [0.3, 0.4) is 0 Å². The summed E-state index contributed by atoms with van der Waals surface area (Å²) < 4.78 is 0. The molecular formula is C15H19N3S. The van der Waals surface area contributed by atoms with Gasteiger partial charge in [0, 0.05) is 16.2 Å². The first-order valence-corrected chi connectivity index (χ1v) is 7.37. The van der Waals surface area contributed by atoms with Crippen molar-refractivity contribution in [3.05, 3.63) is 47.4 Å². The number of thioether (sulfide) groups is 1. The minimum atomic E-state index is 0.357. The second-order valence-corrected chi connectivity index (χ2v) is 5.83. The van der Waals surface area contributed by atoms with Crippen molar-refractivity contribution in [1.29, 1.82) is 0 Å². The SMILES string of the molecule is Cc1nc(CSc2ccccc2)nc(N)c1C(C)C. The summed E-state index contributed by atoms with van der Waals surface area (Å²) >= 11 is 1.72. The summed E-state index contributed by atoms with van der Waals surface area (Å²) in [6, 6.07) is 10.3. The van der Waals surface area contributed by atoms with Gasteiger partial charge >= 0.3 is 0 Å². The third-order valence-corrected chi connectivity index (χ3v) is 3.91. The molecule has 0 fully saturated rings. The molecule has 0 saturated carbocycles. The molecule has 0 spiro atoms. The molecule has 100 valence electrons. The predicted molar refractivity (Wildman–Crippen MR) is 81.3 cm³/mol. The van der Waals surface area contributed by atoms with Crippen LogP contribution in [-0.4, -0.2) is 9.97 Å². The Kier molecular flexibility index (Phi) is 4.43. The Hall–Kier alpha value is -1.55. The summed E-state index contributed by atoms with van der Waals surface area (Å²) in [5.41, 5.74) is 8.09. The molecule has 1 heterocycles. The molecule has 0 unspecified atom stereocenters. The second kappa shape index (κ2) is 6.06. The summed E-state index contributed by atoms with van der Waals surface area (Å²) in [6.45, 7) is 6.23. The average Bonchev–Trinajstić information content (AvgIpc) is 2.36. The first-order chi connectivity index (χ1) is 9.08. The number of hydrogen-bond acceptors (Lipinski definition) is 4. The zero-order chi connectivity index (χ0) is 13.8. The van der Waals surface area contributed by atoms with E-state index < -0.39 is 0 Å². The molecule has 0 atom stereocenters. The van der Waals surface area contributed by atoms with Crippen LogP contribution in [0.1, 0.15) is 36.8 Å². The Morgan fingerprint density at radius 1 is 1.16 bits per heavy atom. The van der Waals surface area contributed by atoms with Gasteiger partial charge in [-0.2, -0.15) is 0 Å². The van der Waals surface area contributed by atoms with Gasteiger partial charge in [-0.05, 0) is 25.0 Å². The lowest BCUT2D eigenvalue weighted by Crippen LogP contribution is -2.08. The van der Waals surface area contributed by atoms with Gasteiger partial charge < -0.3 is 5.73 Å². The van der Waals surface area contributed by atoms with Crippen LogP contribution in [0.4, 0.5) is 5.82 Å². The Balaban J connectivity index is 2.14. The molecule has 19 heavy (non-hydrogen) atoms. The summed E-state index contributed by atoms with van der Waals surface area (Å²) in [7, 11) is 0. The molecule has 0 radical (unpaired) electrons. The van der Waals surface area contributed by atoms with E-state index in [0.717, 1.165) is 22.8 Å². The van der Waals surface area contributed by atoms with E-state index in [1.807, 2.05) is 25.1 Å². The maximum Gasteiger partial charge on any atom is 0.141 e. The molecule has 0 bridgehead atoms. The normalized spacial score (nSPS) is 10.9. The van der Waals surface area contributed by atoms with Crippen LogP contribution in [0.25, 0.3) is 0 Å². The molecule has 1 aromatic carbocycles. The smallest absolute Gasteiger partial charge is 0.141 e. The van der Waals surface area contributed by atoms with Crippen LogP contribution in [0, 0.1) is 6.92 Å². The lowest BCUT2D eigenvalue weighted by molar-refractivity contribution is 0.823. The molecule has 0 aliphatic rings. The number of anilines is 1. The average molecular weight is 273 g/mol. The molecule has 2 N–H and O–H groups in total. The first kappa shape index (κ1) is 13.9. The van der Waals surface area contributed by atoms with Gasteiger partial charge in [0.05, 0.1) is 5.75 Å². The maximum absolute atomic E-state index is 6.03. The fourth-order valence-electron chi connectivity index (χ4n) is 2.11. The highest BCUT2D eigenvalue weighted by Crippen LogP contribution is 2.25. The number of aryl methyl sites for hydroxylation is 1. The van der Waals surface area contributed by atoms with Gasteiger partial charge in [-0.25, -0.2) is 9.97 Å². The van der Waals surface area contributed by atoms with E-state index in [0.29, 0.717) is 11.7 Å². The van der Waals surface area contributed by atoms with E-state index in [9.17, 15) is 0 Å². The predicted octanol–water partition coefficient (Wildman–Crippen LogP) is 3.78. The van der Waals surface area contributed by atoms with E-state index in [1.165, 1.54) is 4.90 Å². The van der Waals surface area contributed by atoms with Crippen molar-refractivity contribution in [1.82, 2.24) is 9.97 Å². The van der Waals surface area contributed by atoms with Gasteiger partial charge in [-0.1, -0.05) is 32.0 Å². The highest BCUT2D eigenvalue weighted by atomic mass is 32.2. The molecule has 3 nitrogen and oxygen atoms in total. The molecule has 2 aromatic rings. The fourth-order valence-corrected chi connectivity index (χ4v) is 2.88. The van der Waals surface area contributed by atoms with E-state index >= 15 is 0 Å². The van der Waals surface area contributed by atoms with E-state index in [-0.39, 0.29) is 0 Å². The Bertz CT molecular complexity index is 530. The third-order valence-electron chi connectivity index (χ3n) is 2.90. The second-order valence-electron chi connectivity index (χ2n) is 4.78. The zero-order valence-electron chi connectivity index (χ0n) is 11.6. The van der Waals surface area contributed by atoms with Crippen molar-refractivity contribution in [2.45, 2.75) is 37.3 Å². The zero-order valence-corrected chi connectivity index (χ0v) is 12.4. The summed E-state index contributed by atoms with van der Waals surface area (Å²) in [6.07, 6.45) is 0. The van der Waals surface area contributed by atoms with Crippen LogP contribution in [0.15, 0.2) is 35.2 Å². The number of aromatic nitrogens is 2. The number of rotatable bonds is 4. The lowest BCUT2D eigenvalue weighted by Gasteiger charge is -2.13. The van der Waals surface area contributed by atoms with Crippen molar-refractivity contribution in [2.24, 2.45) is 0 Å². The van der Waals surface area contributed by atoms with E-state index in [4.69, 9.17) is 5.73 Å². The number of nitrogens with zero attached hydrogens (tertiary/aromatic N) is 2. The molecule has 4 heteroatoms. The minimum Gasteiger partial charge on any atom is -0.383 e. The van der Waals surface area contributed by atoms with Crippen molar-refractivity contribution in [3.8, 4) is 0 Å². The van der Waals surface area contributed by atoms with Crippen molar-refractivity contribution in [3.63, 3.8) is 0 Å². The summed E-state index contributed by atoms with van der Waals surface area (Å²) in [5, 5.41) is 0. The number of nitrogen functional groups attached to an aromatic ring is 1. The lowest BCUT2D eigenvalue weighted by atomic mass is 10.0. The molecule has 0 aliphatic carbocycles.